The highest BCUT2D eigenvalue weighted by molar-refractivity contribution is 7.13. The third kappa shape index (κ3) is 3.16. The van der Waals surface area contributed by atoms with Gasteiger partial charge in [-0.15, -0.1) is 11.3 Å². The number of hydrogen-bond donors (Lipinski definition) is 1. The molecule has 3 nitrogen and oxygen atoms in total. The number of oxazole rings is 1. The van der Waals surface area contributed by atoms with Gasteiger partial charge >= 0.3 is 0 Å². The number of aromatic nitrogens is 1. The number of nitrogens with zero attached hydrogens (tertiary/aromatic N) is 1. The van der Waals surface area contributed by atoms with Crippen molar-refractivity contribution >= 4 is 17.0 Å². The summed E-state index contributed by atoms with van der Waals surface area (Å²) >= 11 is 1.64. The zero-order chi connectivity index (χ0) is 14.8. The Morgan fingerprint density at radius 1 is 1.14 bits per heavy atom. The SMILES string of the molecule is Cc1cc(C)cc(NCc2nc(-c3cccs3)oc2C)c1. The number of nitrogens with one attached hydrogen (secondary N) is 1. The summed E-state index contributed by atoms with van der Waals surface area (Å²) in [5, 5.41) is 5.45. The molecule has 1 N–H and O–H groups in total. The first-order valence-corrected chi connectivity index (χ1v) is 7.82. The molecule has 1 aromatic carbocycles. The van der Waals surface area contributed by atoms with Gasteiger partial charge in [0.1, 0.15) is 11.5 Å². The first-order chi connectivity index (χ1) is 10.1. The summed E-state index contributed by atoms with van der Waals surface area (Å²) in [6.07, 6.45) is 0. The summed E-state index contributed by atoms with van der Waals surface area (Å²) in [5.74, 6) is 1.58. The van der Waals surface area contributed by atoms with Crippen molar-refractivity contribution < 1.29 is 4.42 Å². The number of rotatable bonds is 4. The second-order valence-electron chi connectivity index (χ2n) is 5.23. The lowest BCUT2D eigenvalue weighted by atomic mass is 10.1. The van der Waals surface area contributed by atoms with Crippen LogP contribution in [0.3, 0.4) is 0 Å². The minimum absolute atomic E-state index is 0.670. The molecule has 0 spiro atoms. The lowest BCUT2D eigenvalue weighted by molar-refractivity contribution is 0.541. The van der Waals surface area contributed by atoms with Crippen LogP contribution in [0.2, 0.25) is 0 Å². The first-order valence-electron chi connectivity index (χ1n) is 6.94. The van der Waals surface area contributed by atoms with E-state index in [1.54, 1.807) is 11.3 Å². The normalized spacial score (nSPS) is 10.8. The van der Waals surface area contributed by atoms with Gasteiger partial charge in [0.25, 0.3) is 0 Å². The van der Waals surface area contributed by atoms with Crippen LogP contribution >= 0.6 is 11.3 Å². The molecule has 108 valence electrons. The third-order valence-corrected chi connectivity index (χ3v) is 4.16. The summed E-state index contributed by atoms with van der Waals surface area (Å²) in [6.45, 7) is 6.84. The highest BCUT2D eigenvalue weighted by Gasteiger charge is 2.11. The molecular formula is C17H18N2OS. The Morgan fingerprint density at radius 3 is 2.57 bits per heavy atom. The van der Waals surface area contributed by atoms with Crippen molar-refractivity contribution in [3.63, 3.8) is 0 Å². The van der Waals surface area contributed by atoms with E-state index in [2.05, 4.69) is 42.3 Å². The fourth-order valence-electron chi connectivity index (χ4n) is 2.36. The summed E-state index contributed by atoms with van der Waals surface area (Å²) in [5.41, 5.74) is 4.59. The maximum Gasteiger partial charge on any atom is 0.236 e. The first kappa shape index (κ1) is 13.9. The molecule has 0 bridgehead atoms. The van der Waals surface area contributed by atoms with Crippen LogP contribution in [0.1, 0.15) is 22.6 Å². The molecule has 4 heteroatoms. The van der Waals surface area contributed by atoms with E-state index in [4.69, 9.17) is 4.42 Å². The van der Waals surface area contributed by atoms with Gasteiger partial charge in [-0.1, -0.05) is 12.1 Å². The van der Waals surface area contributed by atoms with E-state index in [1.165, 1.54) is 11.1 Å². The molecule has 0 saturated carbocycles. The lowest BCUT2D eigenvalue weighted by Crippen LogP contribution is -2.01. The lowest BCUT2D eigenvalue weighted by Gasteiger charge is -2.07. The Labute approximate surface area is 128 Å². The van der Waals surface area contributed by atoms with E-state index in [0.717, 1.165) is 22.0 Å². The summed E-state index contributed by atoms with van der Waals surface area (Å²) in [6, 6.07) is 10.5. The van der Waals surface area contributed by atoms with Crippen molar-refractivity contribution in [1.29, 1.82) is 0 Å². The molecule has 21 heavy (non-hydrogen) atoms. The van der Waals surface area contributed by atoms with Gasteiger partial charge < -0.3 is 9.73 Å². The molecule has 0 amide bonds. The van der Waals surface area contributed by atoms with Crippen molar-refractivity contribution in [3.05, 3.63) is 58.3 Å². The fraction of sp³-hybridized carbons (Fsp3) is 0.235. The fourth-order valence-corrected chi connectivity index (χ4v) is 3.01. The number of aryl methyl sites for hydroxylation is 3. The Hall–Kier alpha value is -2.07. The van der Waals surface area contributed by atoms with Crippen molar-refractivity contribution in [2.24, 2.45) is 0 Å². The third-order valence-electron chi connectivity index (χ3n) is 3.31. The Kier molecular flexibility index (Phi) is 3.80. The molecular weight excluding hydrogens is 280 g/mol. The zero-order valence-corrected chi connectivity index (χ0v) is 13.3. The Bertz CT molecular complexity index is 724. The monoisotopic (exact) mass is 298 g/mol. The van der Waals surface area contributed by atoms with Gasteiger partial charge in [-0.05, 0) is 55.5 Å². The predicted octanol–water partition coefficient (Wildman–Crippen LogP) is 4.94. The van der Waals surface area contributed by atoms with Crippen molar-refractivity contribution in [2.75, 3.05) is 5.32 Å². The van der Waals surface area contributed by atoms with Crippen LogP contribution in [-0.2, 0) is 6.54 Å². The molecule has 0 radical (unpaired) electrons. The second-order valence-corrected chi connectivity index (χ2v) is 6.18. The highest BCUT2D eigenvalue weighted by atomic mass is 32.1. The van der Waals surface area contributed by atoms with Crippen molar-refractivity contribution in [1.82, 2.24) is 4.98 Å². The zero-order valence-electron chi connectivity index (χ0n) is 12.4. The van der Waals surface area contributed by atoms with E-state index >= 15 is 0 Å². The highest BCUT2D eigenvalue weighted by Crippen LogP contribution is 2.26. The summed E-state index contributed by atoms with van der Waals surface area (Å²) < 4.78 is 5.75. The van der Waals surface area contributed by atoms with Crippen LogP contribution in [0.5, 0.6) is 0 Å². The van der Waals surface area contributed by atoms with Crippen LogP contribution < -0.4 is 5.32 Å². The largest absolute Gasteiger partial charge is 0.440 e. The van der Waals surface area contributed by atoms with E-state index in [9.17, 15) is 0 Å². The molecule has 0 aliphatic carbocycles. The standard InChI is InChI=1S/C17H18N2OS/c1-11-7-12(2)9-14(8-11)18-10-15-13(3)20-17(19-15)16-5-4-6-21-16/h4-9,18H,10H2,1-3H3. The Morgan fingerprint density at radius 2 is 1.90 bits per heavy atom. The molecule has 0 atom stereocenters. The van der Waals surface area contributed by atoms with Crippen LogP contribution in [0.15, 0.2) is 40.1 Å². The molecule has 0 aliphatic rings. The van der Waals surface area contributed by atoms with Gasteiger partial charge in [0.15, 0.2) is 0 Å². The van der Waals surface area contributed by atoms with Crippen LogP contribution in [0.25, 0.3) is 10.8 Å². The quantitative estimate of drug-likeness (QED) is 0.741. The Balaban J connectivity index is 1.76. The van der Waals surface area contributed by atoms with Gasteiger partial charge in [-0.25, -0.2) is 4.98 Å². The van der Waals surface area contributed by atoms with Gasteiger partial charge in [0, 0.05) is 5.69 Å². The topological polar surface area (TPSA) is 38.1 Å². The molecule has 3 rings (SSSR count). The predicted molar refractivity (Wildman–Crippen MR) is 87.8 cm³/mol. The molecule has 3 aromatic rings. The number of hydrogen-bond acceptors (Lipinski definition) is 4. The molecule has 0 saturated heterocycles. The van der Waals surface area contributed by atoms with E-state index in [1.807, 2.05) is 24.4 Å². The smallest absolute Gasteiger partial charge is 0.236 e. The van der Waals surface area contributed by atoms with Gasteiger partial charge in [0.05, 0.1) is 11.4 Å². The molecule has 0 fully saturated rings. The second kappa shape index (κ2) is 5.74. The molecule has 0 aliphatic heterocycles. The minimum Gasteiger partial charge on any atom is -0.440 e. The van der Waals surface area contributed by atoms with E-state index in [-0.39, 0.29) is 0 Å². The average molecular weight is 298 g/mol. The summed E-state index contributed by atoms with van der Waals surface area (Å²) in [7, 11) is 0. The molecule has 0 unspecified atom stereocenters. The van der Waals surface area contributed by atoms with E-state index in [0.29, 0.717) is 12.4 Å². The van der Waals surface area contributed by atoms with E-state index < -0.39 is 0 Å². The van der Waals surface area contributed by atoms with Crippen molar-refractivity contribution in [3.8, 4) is 10.8 Å². The number of benzene rings is 1. The van der Waals surface area contributed by atoms with Crippen LogP contribution in [0.4, 0.5) is 5.69 Å². The molecule has 2 heterocycles. The number of anilines is 1. The maximum atomic E-state index is 5.75. The van der Waals surface area contributed by atoms with Crippen molar-refractivity contribution in [2.45, 2.75) is 27.3 Å². The summed E-state index contributed by atoms with van der Waals surface area (Å²) in [4.78, 5) is 5.66. The molecule has 2 aromatic heterocycles. The number of thiophene rings is 1. The van der Waals surface area contributed by atoms with Crippen LogP contribution in [-0.4, -0.2) is 4.98 Å². The van der Waals surface area contributed by atoms with Gasteiger partial charge in [-0.2, -0.15) is 0 Å². The van der Waals surface area contributed by atoms with Gasteiger partial charge in [0.2, 0.25) is 5.89 Å². The minimum atomic E-state index is 0.670. The van der Waals surface area contributed by atoms with Crippen LogP contribution in [0, 0.1) is 20.8 Å². The maximum absolute atomic E-state index is 5.75. The average Bonchev–Trinajstić information content (AvgIpc) is 3.04. The van der Waals surface area contributed by atoms with Gasteiger partial charge in [-0.3, -0.25) is 0 Å².